The van der Waals surface area contributed by atoms with Crippen LogP contribution in [0.25, 0.3) is 11.4 Å². The molecule has 1 aliphatic heterocycles. The van der Waals surface area contributed by atoms with E-state index in [9.17, 15) is 9.59 Å². The summed E-state index contributed by atoms with van der Waals surface area (Å²) in [5.41, 5.74) is 1.17. The lowest BCUT2D eigenvalue weighted by Gasteiger charge is -2.20. The van der Waals surface area contributed by atoms with E-state index >= 15 is 0 Å². The molecule has 4 rings (SSSR count). The molecule has 3 aromatic rings. The molecule has 27 heavy (non-hydrogen) atoms. The summed E-state index contributed by atoms with van der Waals surface area (Å²) in [4.78, 5) is 34.9. The van der Waals surface area contributed by atoms with E-state index in [2.05, 4.69) is 20.2 Å². The number of H-pyrrole nitrogens is 1. The highest BCUT2D eigenvalue weighted by Crippen LogP contribution is 2.26. The standard InChI is InChI=1S/C21H20N4O2/c26-20(16-11-5-2-6-12-16)22-17-19(25-13-7-8-14-25)23-18(24-21(17)27)15-9-3-1-4-10-15/h1-6,9-12H,7-8,13-14H2,(H,22,26)(H,23,24,27). The third-order valence-electron chi connectivity index (χ3n) is 4.63. The van der Waals surface area contributed by atoms with Gasteiger partial charge in [0.05, 0.1) is 0 Å². The topological polar surface area (TPSA) is 78.1 Å². The fourth-order valence-electron chi connectivity index (χ4n) is 3.24. The number of nitrogens with zero attached hydrogens (tertiary/aromatic N) is 2. The second-order valence-corrected chi connectivity index (χ2v) is 6.49. The Labute approximate surface area is 156 Å². The van der Waals surface area contributed by atoms with Gasteiger partial charge in [0.2, 0.25) is 0 Å². The van der Waals surface area contributed by atoms with Crippen LogP contribution < -0.4 is 15.8 Å². The minimum atomic E-state index is -0.352. The monoisotopic (exact) mass is 360 g/mol. The van der Waals surface area contributed by atoms with Gasteiger partial charge in [-0.2, -0.15) is 0 Å². The molecule has 136 valence electrons. The lowest BCUT2D eigenvalue weighted by Crippen LogP contribution is -2.28. The average molecular weight is 360 g/mol. The molecule has 6 nitrogen and oxygen atoms in total. The molecule has 1 saturated heterocycles. The smallest absolute Gasteiger partial charge is 0.277 e. The van der Waals surface area contributed by atoms with Gasteiger partial charge in [0.15, 0.2) is 11.5 Å². The summed E-state index contributed by atoms with van der Waals surface area (Å²) >= 11 is 0. The fourth-order valence-corrected chi connectivity index (χ4v) is 3.24. The second-order valence-electron chi connectivity index (χ2n) is 6.49. The molecule has 2 N–H and O–H groups in total. The summed E-state index contributed by atoms with van der Waals surface area (Å²) < 4.78 is 0. The molecule has 0 unspecified atom stereocenters. The maximum Gasteiger partial charge on any atom is 0.277 e. The van der Waals surface area contributed by atoms with Gasteiger partial charge >= 0.3 is 0 Å². The van der Waals surface area contributed by atoms with Crippen molar-refractivity contribution in [2.24, 2.45) is 0 Å². The number of aromatic nitrogens is 2. The van der Waals surface area contributed by atoms with Crippen molar-refractivity contribution in [3.05, 3.63) is 76.6 Å². The highest BCUT2D eigenvalue weighted by Gasteiger charge is 2.23. The van der Waals surface area contributed by atoms with E-state index in [1.807, 2.05) is 36.4 Å². The van der Waals surface area contributed by atoms with Gasteiger partial charge in [0, 0.05) is 24.2 Å². The maximum atomic E-state index is 12.8. The van der Waals surface area contributed by atoms with Gasteiger partial charge in [-0.3, -0.25) is 9.59 Å². The molecule has 2 aromatic carbocycles. The highest BCUT2D eigenvalue weighted by atomic mass is 16.2. The Bertz CT molecular complexity index is 994. The lowest BCUT2D eigenvalue weighted by molar-refractivity contribution is 0.102. The number of benzene rings is 2. The molecule has 0 atom stereocenters. The Morgan fingerprint density at radius 1 is 0.963 bits per heavy atom. The summed E-state index contributed by atoms with van der Waals surface area (Å²) in [6.45, 7) is 1.64. The number of aromatic amines is 1. The summed E-state index contributed by atoms with van der Waals surface area (Å²) in [7, 11) is 0. The lowest BCUT2D eigenvalue weighted by atomic mass is 10.2. The predicted octanol–water partition coefficient (Wildman–Crippen LogP) is 3.29. The van der Waals surface area contributed by atoms with Crippen molar-refractivity contribution < 1.29 is 4.79 Å². The molecular weight excluding hydrogens is 340 g/mol. The van der Waals surface area contributed by atoms with Crippen LogP contribution in [0.1, 0.15) is 23.2 Å². The first-order valence-electron chi connectivity index (χ1n) is 9.03. The first-order chi connectivity index (χ1) is 13.2. The zero-order valence-corrected chi connectivity index (χ0v) is 14.8. The zero-order chi connectivity index (χ0) is 18.6. The van der Waals surface area contributed by atoms with Crippen molar-refractivity contribution in [1.29, 1.82) is 0 Å². The molecule has 1 amide bonds. The van der Waals surface area contributed by atoms with Crippen LogP contribution in [0.3, 0.4) is 0 Å². The summed E-state index contributed by atoms with van der Waals surface area (Å²) in [5, 5.41) is 2.76. The van der Waals surface area contributed by atoms with Crippen LogP contribution in [0, 0.1) is 0 Å². The highest BCUT2D eigenvalue weighted by molar-refractivity contribution is 6.05. The van der Waals surface area contributed by atoms with Crippen molar-refractivity contribution in [3.63, 3.8) is 0 Å². The summed E-state index contributed by atoms with van der Waals surface area (Å²) in [6, 6.07) is 18.4. The number of hydrogen-bond donors (Lipinski definition) is 2. The molecule has 0 aliphatic carbocycles. The van der Waals surface area contributed by atoms with Gasteiger partial charge in [-0.05, 0) is 25.0 Å². The first kappa shape index (κ1) is 17.0. The van der Waals surface area contributed by atoms with Crippen LogP contribution in [0.15, 0.2) is 65.5 Å². The van der Waals surface area contributed by atoms with Crippen molar-refractivity contribution in [2.45, 2.75) is 12.8 Å². The van der Waals surface area contributed by atoms with Crippen LogP contribution in [-0.4, -0.2) is 29.0 Å². The van der Waals surface area contributed by atoms with Gasteiger partial charge in [0.25, 0.3) is 11.5 Å². The Balaban J connectivity index is 1.76. The van der Waals surface area contributed by atoms with Crippen molar-refractivity contribution in [3.8, 4) is 11.4 Å². The normalized spacial score (nSPS) is 13.6. The summed E-state index contributed by atoms with van der Waals surface area (Å²) in [5.74, 6) is 0.704. The molecule has 0 saturated carbocycles. The SMILES string of the molecule is O=C(Nc1c(N2CCCC2)nc(-c2ccccc2)[nH]c1=O)c1ccccc1. The van der Waals surface area contributed by atoms with Gasteiger partial charge in [-0.15, -0.1) is 0 Å². The summed E-state index contributed by atoms with van der Waals surface area (Å²) in [6.07, 6.45) is 2.09. The van der Waals surface area contributed by atoms with E-state index < -0.39 is 0 Å². The van der Waals surface area contributed by atoms with Gasteiger partial charge < -0.3 is 15.2 Å². The molecule has 0 bridgehead atoms. The van der Waals surface area contributed by atoms with Gasteiger partial charge in [-0.25, -0.2) is 4.98 Å². The van der Waals surface area contributed by atoms with Crippen LogP contribution in [-0.2, 0) is 0 Å². The third-order valence-corrected chi connectivity index (χ3v) is 4.63. The van der Waals surface area contributed by atoms with Crippen LogP contribution >= 0.6 is 0 Å². The Morgan fingerprint density at radius 3 is 2.26 bits per heavy atom. The fraction of sp³-hybridized carbons (Fsp3) is 0.190. The Morgan fingerprint density at radius 2 is 1.59 bits per heavy atom. The van der Waals surface area contributed by atoms with Gasteiger partial charge in [-0.1, -0.05) is 48.5 Å². The first-order valence-corrected chi connectivity index (χ1v) is 9.03. The molecule has 0 radical (unpaired) electrons. The number of hydrogen-bond acceptors (Lipinski definition) is 4. The third kappa shape index (κ3) is 3.60. The molecule has 6 heteroatoms. The number of amides is 1. The minimum absolute atomic E-state index is 0.199. The van der Waals surface area contributed by atoms with Crippen LogP contribution in [0.2, 0.25) is 0 Å². The number of carbonyl (C=O) groups is 1. The largest absolute Gasteiger partial charge is 0.355 e. The molecule has 0 spiro atoms. The molecule has 2 heterocycles. The number of carbonyl (C=O) groups excluding carboxylic acids is 1. The van der Waals surface area contributed by atoms with E-state index in [0.717, 1.165) is 31.5 Å². The van der Waals surface area contributed by atoms with E-state index in [-0.39, 0.29) is 17.2 Å². The Kier molecular flexibility index (Phi) is 4.70. The second kappa shape index (κ2) is 7.45. The minimum Gasteiger partial charge on any atom is -0.355 e. The number of anilines is 2. The maximum absolute atomic E-state index is 12.8. The average Bonchev–Trinajstić information content (AvgIpc) is 3.25. The molecule has 1 aliphatic rings. The quantitative estimate of drug-likeness (QED) is 0.748. The van der Waals surface area contributed by atoms with Crippen molar-refractivity contribution in [1.82, 2.24) is 9.97 Å². The zero-order valence-electron chi connectivity index (χ0n) is 14.8. The molecule has 1 fully saturated rings. The molecular formula is C21H20N4O2. The van der Waals surface area contributed by atoms with Gasteiger partial charge in [0.1, 0.15) is 5.82 Å². The Hall–Kier alpha value is -3.41. The van der Waals surface area contributed by atoms with E-state index in [0.29, 0.717) is 17.2 Å². The predicted molar refractivity (Wildman–Crippen MR) is 106 cm³/mol. The van der Waals surface area contributed by atoms with E-state index in [1.165, 1.54) is 0 Å². The molecule has 1 aromatic heterocycles. The number of nitrogens with one attached hydrogen (secondary N) is 2. The number of rotatable bonds is 4. The van der Waals surface area contributed by atoms with Crippen LogP contribution in [0.4, 0.5) is 11.5 Å². The van der Waals surface area contributed by atoms with E-state index in [1.54, 1.807) is 24.3 Å². The van der Waals surface area contributed by atoms with Crippen molar-refractivity contribution in [2.75, 3.05) is 23.3 Å². The van der Waals surface area contributed by atoms with E-state index in [4.69, 9.17) is 0 Å². The van der Waals surface area contributed by atoms with Crippen molar-refractivity contribution >= 4 is 17.4 Å². The van der Waals surface area contributed by atoms with Crippen LogP contribution in [0.5, 0.6) is 0 Å².